The van der Waals surface area contributed by atoms with E-state index in [0.29, 0.717) is 12.7 Å². The van der Waals surface area contributed by atoms with Crippen molar-refractivity contribution in [2.24, 2.45) is 0 Å². The molecule has 1 saturated heterocycles. The molecule has 0 aliphatic carbocycles. The average Bonchev–Trinajstić information content (AvgIpc) is 3.26. The summed E-state index contributed by atoms with van der Waals surface area (Å²) in [6.07, 6.45) is 9.69. The Balaban J connectivity index is 1.58. The van der Waals surface area contributed by atoms with E-state index in [1.807, 2.05) is 0 Å². The van der Waals surface area contributed by atoms with Crippen LogP contribution in [-0.4, -0.2) is 19.3 Å². The second kappa shape index (κ2) is 8.21. The molecule has 0 spiro atoms. The van der Waals surface area contributed by atoms with Gasteiger partial charge in [0.2, 0.25) is 0 Å². The normalized spacial score (nSPS) is 17.4. The van der Waals surface area contributed by atoms with Crippen LogP contribution in [0.15, 0.2) is 24.3 Å². The van der Waals surface area contributed by atoms with Crippen molar-refractivity contribution in [3.05, 3.63) is 29.8 Å². The number of epoxide rings is 1. The van der Waals surface area contributed by atoms with Crippen molar-refractivity contribution in [1.82, 2.24) is 0 Å². The highest BCUT2D eigenvalue weighted by Gasteiger charge is 2.22. The zero-order chi connectivity index (χ0) is 13.3. The van der Waals surface area contributed by atoms with Gasteiger partial charge in [-0.05, 0) is 30.5 Å². The van der Waals surface area contributed by atoms with E-state index in [1.54, 1.807) is 0 Å². The smallest absolute Gasteiger partial charge is 0.119 e. The fourth-order valence-electron chi connectivity index (χ4n) is 2.22. The summed E-state index contributed by atoms with van der Waals surface area (Å²) in [5.41, 5.74) is 1.42. The lowest BCUT2D eigenvalue weighted by Gasteiger charge is -2.06. The van der Waals surface area contributed by atoms with Gasteiger partial charge in [0.05, 0.1) is 6.61 Å². The SMILES string of the molecule is CCCCCCCCc1ccc(OCC2CO2)cc1. The van der Waals surface area contributed by atoms with E-state index in [2.05, 4.69) is 31.2 Å². The molecule has 0 saturated carbocycles. The summed E-state index contributed by atoms with van der Waals surface area (Å²) < 4.78 is 10.8. The predicted molar refractivity (Wildman–Crippen MR) is 78.8 cm³/mol. The fourth-order valence-corrected chi connectivity index (χ4v) is 2.22. The van der Waals surface area contributed by atoms with Gasteiger partial charge in [-0.25, -0.2) is 0 Å². The molecule has 0 amide bonds. The Labute approximate surface area is 117 Å². The van der Waals surface area contributed by atoms with E-state index in [0.717, 1.165) is 12.4 Å². The van der Waals surface area contributed by atoms with Crippen molar-refractivity contribution in [2.75, 3.05) is 13.2 Å². The fraction of sp³-hybridized carbons (Fsp3) is 0.647. The lowest BCUT2D eigenvalue weighted by molar-refractivity contribution is 0.263. The van der Waals surface area contributed by atoms with Crippen LogP contribution in [0.25, 0.3) is 0 Å². The zero-order valence-electron chi connectivity index (χ0n) is 12.1. The molecule has 2 nitrogen and oxygen atoms in total. The second-order valence-corrected chi connectivity index (χ2v) is 5.43. The van der Waals surface area contributed by atoms with E-state index >= 15 is 0 Å². The van der Waals surface area contributed by atoms with Crippen LogP contribution in [0.4, 0.5) is 0 Å². The van der Waals surface area contributed by atoms with Gasteiger partial charge in [0.15, 0.2) is 0 Å². The number of unbranched alkanes of at least 4 members (excludes halogenated alkanes) is 5. The Morgan fingerprint density at radius 3 is 2.42 bits per heavy atom. The maximum atomic E-state index is 5.63. The predicted octanol–water partition coefficient (Wildman–Crippen LogP) is 4.37. The van der Waals surface area contributed by atoms with Gasteiger partial charge in [-0.2, -0.15) is 0 Å². The minimum Gasteiger partial charge on any atom is -0.491 e. The first-order chi connectivity index (χ1) is 9.38. The van der Waals surface area contributed by atoms with Crippen LogP contribution < -0.4 is 4.74 Å². The Morgan fingerprint density at radius 1 is 1.05 bits per heavy atom. The van der Waals surface area contributed by atoms with Crippen LogP contribution in [-0.2, 0) is 11.2 Å². The molecule has 1 aromatic rings. The molecule has 1 aliphatic rings. The lowest BCUT2D eigenvalue weighted by Crippen LogP contribution is -2.03. The van der Waals surface area contributed by atoms with E-state index in [9.17, 15) is 0 Å². The molecule has 0 aromatic heterocycles. The summed E-state index contributed by atoms with van der Waals surface area (Å²) in [6.45, 7) is 3.81. The average molecular weight is 262 g/mol. The Bertz CT molecular complexity index is 341. The van der Waals surface area contributed by atoms with Gasteiger partial charge < -0.3 is 9.47 Å². The summed E-state index contributed by atoms with van der Waals surface area (Å²) in [6, 6.07) is 8.54. The van der Waals surface area contributed by atoms with Crippen molar-refractivity contribution < 1.29 is 9.47 Å². The maximum Gasteiger partial charge on any atom is 0.119 e. The Hall–Kier alpha value is -1.02. The van der Waals surface area contributed by atoms with Gasteiger partial charge in [0, 0.05) is 0 Å². The quantitative estimate of drug-likeness (QED) is 0.461. The lowest BCUT2D eigenvalue weighted by atomic mass is 10.0. The highest BCUT2D eigenvalue weighted by molar-refractivity contribution is 5.27. The van der Waals surface area contributed by atoms with Gasteiger partial charge in [-0.1, -0.05) is 51.2 Å². The van der Waals surface area contributed by atoms with E-state index in [-0.39, 0.29) is 0 Å². The molecule has 1 aromatic carbocycles. The number of aryl methyl sites for hydroxylation is 1. The van der Waals surface area contributed by atoms with E-state index < -0.39 is 0 Å². The first-order valence-electron chi connectivity index (χ1n) is 7.72. The third kappa shape index (κ3) is 6.11. The van der Waals surface area contributed by atoms with Gasteiger partial charge in [-0.3, -0.25) is 0 Å². The molecular weight excluding hydrogens is 236 g/mol. The molecular formula is C17H26O2. The standard InChI is InChI=1S/C17H26O2/c1-2-3-4-5-6-7-8-15-9-11-16(12-10-15)18-13-17-14-19-17/h9-12,17H,2-8,13-14H2,1H3. The third-order valence-electron chi connectivity index (χ3n) is 3.58. The van der Waals surface area contributed by atoms with Gasteiger partial charge in [0.25, 0.3) is 0 Å². The topological polar surface area (TPSA) is 21.8 Å². The third-order valence-corrected chi connectivity index (χ3v) is 3.58. The summed E-state index contributed by atoms with van der Waals surface area (Å²) >= 11 is 0. The number of benzene rings is 1. The van der Waals surface area contributed by atoms with Crippen molar-refractivity contribution in [3.63, 3.8) is 0 Å². The van der Waals surface area contributed by atoms with Gasteiger partial charge in [-0.15, -0.1) is 0 Å². The molecule has 1 fully saturated rings. The Morgan fingerprint density at radius 2 is 1.74 bits per heavy atom. The molecule has 0 radical (unpaired) electrons. The zero-order valence-corrected chi connectivity index (χ0v) is 12.1. The van der Waals surface area contributed by atoms with Crippen molar-refractivity contribution >= 4 is 0 Å². The maximum absolute atomic E-state index is 5.63. The van der Waals surface area contributed by atoms with Gasteiger partial charge >= 0.3 is 0 Å². The molecule has 1 heterocycles. The molecule has 0 N–H and O–H groups in total. The minimum absolute atomic E-state index is 0.336. The number of hydrogen-bond acceptors (Lipinski definition) is 2. The van der Waals surface area contributed by atoms with Crippen LogP contribution in [0.3, 0.4) is 0 Å². The second-order valence-electron chi connectivity index (χ2n) is 5.43. The minimum atomic E-state index is 0.336. The summed E-state index contributed by atoms with van der Waals surface area (Å²) in [4.78, 5) is 0. The first-order valence-corrected chi connectivity index (χ1v) is 7.72. The molecule has 19 heavy (non-hydrogen) atoms. The van der Waals surface area contributed by atoms with Crippen LogP contribution >= 0.6 is 0 Å². The number of rotatable bonds is 10. The van der Waals surface area contributed by atoms with Crippen LogP contribution in [0.5, 0.6) is 5.75 Å². The van der Waals surface area contributed by atoms with Crippen molar-refractivity contribution in [1.29, 1.82) is 0 Å². The molecule has 1 unspecified atom stereocenters. The molecule has 2 rings (SSSR count). The van der Waals surface area contributed by atoms with Gasteiger partial charge in [0.1, 0.15) is 18.5 Å². The largest absolute Gasteiger partial charge is 0.491 e. The summed E-state index contributed by atoms with van der Waals surface area (Å²) in [5, 5.41) is 0. The molecule has 106 valence electrons. The number of hydrogen-bond donors (Lipinski definition) is 0. The van der Waals surface area contributed by atoms with Crippen molar-refractivity contribution in [3.8, 4) is 5.75 Å². The van der Waals surface area contributed by atoms with Crippen molar-refractivity contribution in [2.45, 2.75) is 58.0 Å². The molecule has 1 aliphatic heterocycles. The monoisotopic (exact) mass is 262 g/mol. The highest BCUT2D eigenvalue weighted by Crippen LogP contribution is 2.17. The number of ether oxygens (including phenoxy) is 2. The summed E-state index contributed by atoms with van der Waals surface area (Å²) in [7, 11) is 0. The van der Waals surface area contributed by atoms with Crippen LogP contribution in [0, 0.1) is 0 Å². The summed E-state index contributed by atoms with van der Waals surface area (Å²) in [5.74, 6) is 0.960. The molecule has 2 heteroatoms. The van der Waals surface area contributed by atoms with Crippen LogP contribution in [0.2, 0.25) is 0 Å². The van der Waals surface area contributed by atoms with E-state index in [4.69, 9.17) is 9.47 Å². The molecule has 0 bridgehead atoms. The molecule has 1 atom stereocenters. The highest BCUT2D eigenvalue weighted by atomic mass is 16.6. The van der Waals surface area contributed by atoms with E-state index in [1.165, 1.54) is 50.5 Å². The first kappa shape index (κ1) is 14.4. The van der Waals surface area contributed by atoms with Crippen LogP contribution in [0.1, 0.15) is 51.0 Å². The Kier molecular flexibility index (Phi) is 6.22.